The Morgan fingerprint density at radius 2 is 2.22 bits per heavy atom. The fourth-order valence-corrected chi connectivity index (χ4v) is 3.23. The normalized spacial score (nSPS) is 23.1. The number of benzene rings is 1. The SMILES string of the molecule is CCC1(C)CSC(Nc2c(F)cc(F)cc2Br)=N1. The van der Waals surface area contributed by atoms with E-state index in [1.165, 1.54) is 6.07 Å². The molecule has 0 radical (unpaired) electrons. The molecule has 0 saturated carbocycles. The number of anilines is 1. The lowest BCUT2D eigenvalue weighted by Gasteiger charge is -2.15. The Hall–Kier alpha value is -0.620. The molecule has 98 valence electrons. The van der Waals surface area contributed by atoms with Crippen LogP contribution in [0.1, 0.15) is 20.3 Å². The van der Waals surface area contributed by atoms with Crippen molar-refractivity contribution in [3.8, 4) is 0 Å². The van der Waals surface area contributed by atoms with Crippen molar-refractivity contribution in [2.24, 2.45) is 4.99 Å². The molecule has 1 unspecified atom stereocenters. The molecule has 0 fully saturated rings. The van der Waals surface area contributed by atoms with Gasteiger partial charge < -0.3 is 5.32 Å². The molecule has 1 aromatic rings. The minimum atomic E-state index is -0.629. The van der Waals surface area contributed by atoms with Gasteiger partial charge in [-0.05, 0) is 35.3 Å². The minimum absolute atomic E-state index is 0.101. The summed E-state index contributed by atoms with van der Waals surface area (Å²) in [7, 11) is 0. The highest BCUT2D eigenvalue weighted by molar-refractivity contribution is 9.10. The molecule has 18 heavy (non-hydrogen) atoms. The molecule has 0 bridgehead atoms. The largest absolute Gasteiger partial charge is 0.332 e. The molecule has 2 rings (SSSR count). The van der Waals surface area contributed by atoms with Crippen LogP contribution in [0.25, 0.3) is 0 Å². The van der Waals surface area contributed by atoms with Crippen molar-refractivity contribution in [2.45, 2.75) is 25.8 Å². The van der Waals surface area contributed by atoms with Gasteiger partial charge in [-0.25, -0.2) is 8.78 Å². The average molecular weight is 335 g/mol. The average Bonchev–Trinajstić information content (AvgIpc) is 2.66. The van der Waals surface area contributed by atoms with Crippen molar-refractivity contribution in [2.75, 3.05) is 11.1 Å². The van der Waals surface area contributed by atoms with Crippen LogP contribution in [0, 0.1) is 11.6 Å². The summed E-state index contributed by atoms with van der Waals surface area (Å²) in [5.74, 6) is -0.369. The van der Waals surface area contributed by atoms with E-state index in [0.29, 0.717) is 9.64 Å². The topological polar surface area (TPSA) is 24.4 Å². The Labute approximate surface area is 117 Å². The van der Waals surface area contributed by atoms with E-state index in [4.69, 9.17) is 0 Å². The first-order valence-electron chi connectivity index (χ1n) is 5.58. The van der Waals surface area contributed by atoms with Gasteiger partial charge in [0.1, 0.15) is 5.82 Å². The molecule has 2 nitrogen and oxygen atoms in total. The van der Waals surface area contributed by atoms with Gasteiger partial charge in [-0.15, -0.1) is 0 Å². The van der Waals surface area contributed by atoms with Crippen LogP contribution >= 0.6 is 27.7 Å². The van der Waals surface area contributed by atoms with E-state index in [-0.39, 0.29) is 11.2 Å². The van der Waals surface area contributed by atoms with E-state index in [0.717, 1.165) is 18.2 Å². The van der Waals surface area contributed by atoms with Crippen LogP contribution in [0.3, 0.4) is 0 Å². The number of amidine groups is 1. The smallest absolute Gasteiger partial charge is 0.161 e. The van der Waals surface area contributed by atoms with Gasteiger partial charge in [0.25, 0.3) is 0 Å². The van der Waals surface area contributed by atoms with E-state index in [1.54, 1.807) is 11.8 Å². The van der Waals surface area contributed by atoms with Gasteiger partial charge in [0.15, 0.2) is 11.0 Å². The summed E-state index contributed by atoms with van der Waals surface area (Å²) in [6.45, 7) is 4.13. The third-order valence-electron chi connectivity index (χ3n) is 2.89. The number of thioether (sulfide) groups is 1. The Balaban J connectivity index is 2.24. The quantitative estimate of drug-likeness (QED) is 0.866. The second-order valence-corrected chi connectivity index (χ2v) is 6.24. The maximum atomic E-state index is 13.6. The molecule has 1 atom stereocenters. The zero-order valence-corrected chi connectivity index (χ0v) is 12.5. The molecule has 6 heteroatoms. The van der Waals surface area contributed by atoms with Crippen LogP contribution in [0.5, 0.6) is 0 Å². The summed E-state index contributed by atoms with van der Waals surface area (Å²) >= 11 is 4.69. The number of hydrogen-bond donors (Lipinski definition) is 1. The zero-order valence-electron chi connectivity index (χ0n) is 10.1. The van der Waals surface area contributed by atoms with Crippen LogP contribution in [0.15, 0.2) is 21.6 Å². The van der Waals surface area contributed by atoms with Crippen LogP contribution in [0.2, 0.25) is 0 Å². The van der Waals surface area contributed by atoms with Crippen molar-refractivity contribution in [3.05, 3.63) is 28.2 Å². The molecule has 0 spiro atoms. The van der Waals surface area contributed by atoms with Gasteiger partial charge in [0.05, 0.1) is 11.2 Å². The number of nitrogens with one attached hydrogen (secondary N) is 1. The molecular formula is C12H13BrF2N2S. The molecule has 0 aromatic heterocycles. The molecule has 1 heterocycles. The Morgan fingerprint density at radius 1 is 1.50 bits per heavy atom. The lowest BCUT2D eigenvalue weighted by molar-refractivity contribution is 0.522. The van der Waals surface area contributed by atoms with Crippen molar-refractivity contribution < 1.29 is 8.78 Å². The van der Waals surface area contributed by atoms with Crippen LogP contribution in [-0.2, 0) is 0 Å². The van der Waals surface area contributed by atoms with Crippen LogP contribution < -0.4 is 5.32 Å². The highest BCUT2D eigenvalue weighted by atomic mass is 79.9. The highest BCUT2D eigenvalue weighted by Crippen LogP contribution is 2.33. The van der Waals surface area contributed by atoms with E-state index < -0.39 is 11.6 Å². The van der Waals surface area contributed by atoms with Gasteiger partial charge in [-0.3, -0.25) is 4.99 Å². The number of halogens is 3. The Morgan fingerprint density at radius 3 is 2.78 bits per heavy atom. The number of nitrogens with zero attached hydrogens (tertiary/aromatic N) is 1. The van der Waals surface area contributed by atoms with Crippen LogP contribution in [-0.4, -0.2) is 16.5 Å². The number of rotatable bonds is 2. The third-order valence-corrected chi connectivity index (χ3v) is 4.75. The Kier molecular flexibility index (Phi) is 3.96. The van der Waals surface area contributed by atoms with E-state index >= 15 is 0 Å². The van der Waals surface area contributed by atoms with Crippen molar-refractivity contribution in [3.63, 3.8) is 0 Å². The van der Waals surface area contributed by atoms with Gasteiger partial charge in [0, 0.05) is 16.3 Å². The standard InChI is InChI=1S/C12H13BrF2N2S/c1-3-12(2)6-18-11(17-12)16-10-8(13)4-7(14)5-9(10)15/h4-5H,3,6H2,1-2H3,(H,16,17). The molecule has 1 aromatic carbocycles. The summed E-state index contributed by atoms with van der Waals surface area (Å²) in [6, 6.07) is 2.08. The highest BCUT2D eigenvalue weighted by Gasteiger charge is 2.29. The summed E-state index contributed by atoms with van der Waals surface area (Å²) < 4.78 is 27.0. The van der Waals surface area contributed by atoms with E-state index in [1.807, 2.05) is 0 Å². The monoisotopic (exact) mass is 334 g/mol. The number of hydrogen-bond acceptors (Lipinski definition) is 3. The summed E-state index contributed by atoms with van der Waals surface area (Å²) in [5, 5.41) is 3.59. The maximum absolute atomic E-state index is 13.6. The van der Waals surface area contributed by atoms with E-state index in [2.05, 4.69) is 40.1 Å². The van der Waals surface area contributed by atoms with Crippen molar-refractivity contribution in [1.29, 1.82) is 0 Å². The molecule has 0 amide bonds. The van der Waals surface area contributed by atoms with Gasteiger partial charge in [-0.1, -0.05) is 18.7 Å². The molecule has 0 aliphatic carbocycles. The molecule has 1 aliphatic heterocycles. The minimum Gasteiger partial charge on any atom is -0.332 e. The van der Waals surface area contributed by atoms with Crippen molar-refractivity contribution >= 4 is 38.5 Å². The molecular weight excluding hydrogens is 322 g/mol. The maximum Gasteiger partial charge on any atom is 0.161 e. The third kappa shape index (κ3) is 2.85. The second kappa shape index (κ2) is 5.17. The fourth-order valence-electron chi connectivity index (χ4n) is 1.55. The predicted molar refractivity (Wildman–Crippen MR) is 76.3 cm³/mol. The summed E-state index contributed by atoms with van der Waals surface area (Å²) in [5.41, 5.74) is 0.124. The summed E-state index contributed by atoms with van der Waals surface area (Å²) in [4.78, 5) is 4.53. The van der Waals surface area contributed by atoms with Crippen LogP contribution in [0.4, 0.5) is 14.5 Å². The first-order chi connectivity index (χ1) is 8.43. The van der Waals surface area contributed by atoms with Crippen molar-refractivity contribution in [1.82, 2.24) is 0 Å². The van der Waals surface area contributed by atoms with Gasteiger partial charge in [0.2, 0.25) is 0 Å². The lowest BCUT2D eigenvalue weighted by atomic mass is 10.0. The molecule has 0 saturated heterocycles. The van der Waals surface area contributed by atoms with Gasteiger partial charge in [-0.2, -0.15) is 0 Å². The first kappa shape index (κ1) is 13.8. The lowest BCUT2D eigenvalue weighted by Crippen LogP contribution is -2.20. The summed E-state index contributed by atoms with van der Waals surface area (Å²) in [6.07, 6.45) is 0.929. The van der Waals surface area contributed by atoms with E-state index in [9.17, 15) is 8.78 Å². The molecule has 1 aliphatic rings. The van der Waals surface area contributed by atoms with Gasteiger partial charge >= 0.3 is 0 Å². The number of aliphatic imine (C=N–C) groups is 1. The zero-order chi connectivity index (χ0) is 13.3. The Bertz CT molecular complexity index is 484. The predicted octanol–water partition coefficient (Wildman–Crippen LogP) is 4.41. The molecule has 1 N–H and O–H groups in total. The first-order valence-corrected chi connectivity index (χ1v) is 7.35. The second-order valence-electron chi connectivity index (χ2n) is 4.43. The fraction of sp³-hybridized carbons (Fsp3) is 0.417.